The first-order valence-electron chi connectivity index (χ1n) is 7.08. The summed E-state index contributed by atoms with van der Waals surface area (Å²) in [7, 11) is -2.01. The molecule has 0 aliphatic heterocycles. The van der Waals surface area contributed by atoms with Crippen LogP contribution in [0.4, 0.5) is 0 Å². The van der Waals surface area contributed by atoms with Gasteiger partial charge in [0, 0.05) is 12.6 Å². The first kappa shape index (κ1) is 15.5. The smallest absolute Gasteiger partial charge is 0.243 e. The van der Waals surface area contributed by atoms with E-state index in [2.05, 4.69) is 4.98 Å². The molecule has 0 unspecified atom stereocenters. The minimum absolute atomic E-state index is 0.146. The molecule has 0 aliphatic rings. The molecule has 118 valence electrons. The molecule has 2 aromatic carbocycles. The molecule has 0 amide bonds. The molecule has 0 N–H and O–H groups in total. The fraction of sp³-hybridized carbons (Fsp3) is 0.118. The second kappa shape index (κ2) is 6.36. The van der Waals surface area contributed by atoms with Crippen molar-refractivity contribution in [2.45, 2.75) is 11.4 Å². The zero-order valence-electron chi connectivity index (χ0n) is 12.6. The van der Waals surface area contributed by atoms with Gasteiger partial charge < -0.3 is 4.42 Å². The van der Waals surface area contributed by atoms with Gasteiger partial charge in [0.1, 0.15) is 6.26 Å². The Morgan fingerprint density at radius 3 is 2.26 bits per heavy atom. The van der Waals surface area contributed by atoms with Gasteiger partial charge in [-0.3, -0.25) is 0 Å². The van der Waals surface area contributed by atoms with Crippen LogP contribution in [-0.2, 0) is 16.6 Å². The summed E-state index contributed by atoms with van der Waals surface area (Å²) in [5.74, 6) is 0.478. The maximum atomic E-state index is 12.5. The van der Waals surface area contributed by atoms with Crippen molar-refractivity contribution in [2.75, 3.05) is 7.05 Å². The van der Waals surface area contributed by atoms with E-state index in [1.54, 1.807) is 30.3 Å². The number of nitrogens with zero attached hydrogens (tertiary/aromatic N) is 2. The van der Waals surface area contributed by atoms with Crippen LogP contribution < -0.4 is 0 Å². The summed E-state index contributed by atoms with van der Waals surface area (Å²) in [5, 5.41) is 0. The predicted molar refractivity (Wildman–Crippen MR) is 87.0 cm³/mol. The number of sulfonamides is 1. The highest BCUT2D eigenvalue weighted by atomic mass is 32.2. The number of benzene rings is 2. The van der Waals surface area contributed by atoms with Crippen LogP contribution in [0.15, 0.2) is 76.2 Å². The van der Waals surface area contributed by atoms with E-state index in [-0.39, 0.29) is 11.4 Å². The van der Waals surface area contributed by atoms with Gasteiger partial charge in [-0.25, -0.2) is 13.4 Å². The Morgan fingerprint density at radius 1 is 1.00 bits per heavy atom. The van der Waals surface area contributed by atoms with Gasteiger partial charge >= 0.3 is 0 Å². The topological polar surface area (TPSA) is 63.4 Å². The number of aromatic nitrogens is 1. The number of hydrogen-bond donors (Lipinski definition) is 0. The standard InChI is InChI=1S/C17H16N2O3S/c1-19(23(20,21)16-10-6-3-7-11-16)12-15-13-22-17(18-15)14-8-4-2-5-9-14/h2-11,13H,12H2,1H3. The van der Waals surface area contributed by atoms with E-state index < -0.39 is 10.0 Å². The Balaban J connectivity index is 1.79. The number of rotatable bonds is 5. The van der Waals surface area contributed by atoms with Crippen LogP contribution in [0.2, 0.25) is 0 Å². The monoisotopic (exact) mass is 328 g/mol. The molecule has 1 aromatic heterocycles. The van der Waals surface area contributed by atoms with E-state index in [1.165, 1.54) is 17.6 Å². The van der Waals surface area contributed by atoms with Crippen molar-refractivity contribution >= 4 is 10.0 Å². The van der Waals surface area contributed by atoms with E-state index in [0.29, 0.717) is 11.6 Å². The summed E-state index contributed by atoms with van der Waals surface area (Å²) in [4.78, 5) is 4.61. The second-order valence-electron chi connectivity index (χ2n) is 5.08. The van der Waals surface area contributed by atoms with Crippen LogP contribution in [0.5, 0.6) is 0 Å². The van der Waals surface area contributed by atoms with E-state index in [0.717, 1.165) is 5.56 Å². The second-order valence-corrected chi connectivity index (χ2v) is 7.13. The van der Waals surface area contributed by atoms with Crippen LogP contribution in [0.3, 0.4) is 0 Å². The lowest BCUT2D eigenvalue weighted by molar-refractivity contribution is 0.461. The molecule has 0 atom stereocenters. The molecule has 0 saturated heterocycles. The summed E-state index contributed by atoms with van der Waals surface area (Å²) >= 11 is 0. The van der Waals surface area contributed by atoms with Gasteiger partial charge in [-0.2, -0.15) is 4.31 Å². The Bertz CT molecular complexity index is 874. The highest BCUT2D eigenvalue weighted by molar-refractivity contribution is 7.89. The minimum atomic E-state index is -3.54. The van der Waals surface area contributed by atoms with Crippen molar-refractivity contribution in [3.63, 3.8) is 0 Å². The molecular weight excluding hydrogens is 312 g/mol. The molecule has 6 heteroatoms. The maximum absolute atomic E-state index is 12.5. The molecule has 0 fully saturated rings. The van der Waals surface area contributed by atoms with E-state index in [4.69, 9.17) is 4.42 Å². The first-order valence-corrected chi connectivity index (χ1v) is 8.52. The SMILES string of the molecule is CN(Cc1coc(-c2ccccc2)n1)S(=O)(=O)c1ccccc1. The van der Waals surface area contributed by atoms with Gasteiger partial charge in [-0.15, -0.1) is 0 Å². The molecule has 1 heterocycles. The Kier molecular flexibility index (Phi) is 4.27. The summed E-state index contributed by atoms with van der Waals surface area (Å²) in [6.07, 6.45) is 1.49. The first-order chi connectivity index (χ1) is 11.1. The fourth-order valence-electron chi connectivity index (χ4n) is 2.18. The van der Waals surface area contributed by atoms with Gasteiger partial charge in [0.25, 0.3) is 0 Å². The zero-order chi connectivity index (χ0) is 16.3. The van der Waals surface area contributed by atoms with Crippen LogP contribution in [0.25, 0.3) is 11.5 Å². The summed E-state index contributed by atoms with van der Waals surface area (Å²) in [6.45, 7) is 0.146. The lowest BCUT2D eigenvalue weighted by Crippen LogP contribution is -2.26. The average Bonchev–Trinajstić information content (AvgIpc) is 3.05. The number of oxazole rings is 1. The Labute approximate surface area is 135 Å². The molecule has 0 radical (unpaired) electrons. The lowest BCUT2D eigenvalue weighted by atomic mass is 10.2. The Hall–Kier alpha value is -2.44. The minimum Gasteiger partial charge on any atom is -0.444 e. The molecule has 0 bridgehead atoms. The Morgan fingerprint density at radius 2 is 1.61 bits per heavy atom. The highest BCUT2D eigenvalue weighted by Gasteiger charge is 2.21. The van der Waals surface area contributed by atoms with Gasteiger partial charge in [-0.1, -0.05) is 36.4 Å². The van der Waals surface area contributed by atoms with Crippen molar-refractivity contribution < 1.29 is 12.8 Å². The van der Waals surface area contributed by atoms with Gasteiger partial charge in [0.05, 0.1) is 17.1 Å². The van der Waals surface area contributed by atoms with Crippen LogP contribution in [-0.4, -0.2) is 24.8 Å². The lowest BCUT2D eigenvalue weighted by Gasteiger charge is -2.15. The fourth-order valence-corrected chi connectivity index (χ4v) is 3.34. The highest BCUT2D eigenvalue weighted by Crippen LogP contribution is 2.20. The molecule has 0 spiro atoms. The average molecular weight is 328 g/mol. The van der Waals surface area contributed by atoms with Gasteiger partial charge in [-0.05, 0) is 24.3 Å². The molecule has 0 aliphatic carbocycles. The predicted octanol–water partition coefficient (Wildman–Crippen LogP) is 3.16. The van der Waals surface area contributed by atoms with Gasteiger partial charge in [0.2, 0.25) is 15.9 Å². The van der Waals surface area contributed by atoms with Crippen molar-refractivity contribution in [3.8, 4) is 11.5 Å². The van der Waals surface area contributed by atoms with Crippen molar-refractivity contribution in [2.24, 2.45) is 0 Å². The third-order valence-corrected chi connectivity index (χ3v) is 5.23. The van der Waals surface area contributed by atoms with Crippen LogP contribution in [0.1, 0.15) is 5.69 Å². The summed E-state index contributed by atoms with van der Waals surface area (Å²) in [5.41, 5.74) is 1.41. The van der Waals surface area contributed by atoms with Crippen LogP contribution in [0, 0.1) is 0 Å². The van der Waals surface area contributed by atoms with E-state index in [1.807, 2.05) is 30.3 Å². The third kappa shape index (κ3) is 3.33. The van der Waals surface area contributed by atoms with Gasteiger partial charge in [0.15, 0.2) is 0 Å². The normalized spacial score (nSPS) is 11.7. The summed E-state index contributed by atoms with van der Waals surface area (Å²) in [6, 6.07) is 17.8. The van der Waals surface area contributed by atoms with Crippen LogP contribution >= 0.6 is 0 Å². The van der Waals surface area contributed by atoms with Crippen molar-refractivity contribution in [1.82, 2.24) is 9.29 Å². The molecule has 0 saturated carbocycles. The van der Waals surface area contributed by atoms with E-state index in [9.17, 15) is 8.42 Å². The quantitative estimate of drug-likeness (QED) is 0.722. The molecular formula is C17H16N2O3S. The largest absolute Gasteiger partial charge is 0.444 e. The van der Waals surface area contributed by atoms with Crippen molar-refractivity contribution in [3.05, 3.63) is 72.6 Å². The molecule has 5 nitrogen and oxygen atoms in total. The molecule has 3 rings (SSSR count). The molecule has 23 heavy (non-hydrogen) atoms. The number of hydrogen-bond acceptors (Lipinski definition) is 4. The maximum Gasteiger partial charge on any atom is 0.243 e. The van der Waals surface area contributed by atoms with Crippen molar-refractivity contribution in [1.29, 1.82) is 0 Å². The zero-order valence-corrected chi connectivity index (χ0v) is 13.4. The molecule has 3 aromatic rings. The third-order valence-electron chi connectivity index (χ3n) is 3.41. The summed E-state index contributed by atoms with van der Waals surface area (Å²) < 4.78 is 31.7. The van der Waals surface area contributed by atoms with E-state index >= 15 is 0 Å².